The fraction of sp³-hybridized carbons (Fsp3) is 0.500. The predicted octanol–water partition coefficient (Wildman–Crippen LogP) is 2.34. The predicted molar refractivity (Wildman–Crippen MR) is 70.4 cm³/mol. The van der Waals surface area contributed by atoms with Gasteiger partial charge < -0.3 is 11.5 Å². The Balaban J connectivity index is 2.84. The number of nitrogens with two attached hydrogens (primary N) is 2. The molecule has 1 aromatic rings. The van der Waals surface area contributed by atoms with E-state index in [-0.39, 0.29) is 23.7 Å². The summed E-state index contributed by atoms with van der Waals surface area (Å²) in [6.07, 6.45) is 0.989. The number of benzene rings is 1. The molecule has 1 aromatic carbocycles. The van der Waals surface area contributed by atoms with Gasteiger partial charge in [-0.05, 0) is 55.0 Å². The lowest BCUT2D eigenvalue weighted by Gasteiger charge is -2.20. The van der Waals surface area contributed by atoms with Gasteiger partial charge >= 0.3 is 0 Å². The van der Waals surface area contributed by atoms with E-state index in [2.05, 4.69) is 0 Å². The van der Waals surface area contributed by atoms with Crippen LogP contribution in [0.2, 0.25) is 0 Å². The lowest BCUT2D eigenvalue weighted by Crippen LogP contribution is -2.20. The van der Waals surface area contributed by atoms with Gasteiger partial charge in [0.05, 0.1) is 0 Å². The molecule has 100 valence electrons. The van der Waals surface area contributed by atoms with Crippen molar-refractivity contribution in [2.75, 3.05) is 0 Å². The summed E-state index contributed by atoms with van der Waals surface area (Å²) < 4.78 is 13.2. The molecule has 4 heteroatoms. The average molecular weight is 252 g/mol. The number of hydrogen-bond donors (Lipinski definition) is 2. The number of carbonyl (C=O) groups excluding carboxylic acids is 1. The zero-order chi connectivity index (χ0) is 13.9. The minimum Gasteiger partial charge on any atom is -0.370 e. The summed E-state index contributed by atoms with van der Waals surface area (Å²) in [7, 11) is 0. The Morgan fingerprint density at radius 1 is 1.33 bits per heavy atom. The van der Waals surface area contributed by atoms with Gasteiger partial charge in [-0.15, -0.1) is 0 Å². The molecule has 0 saturated carbocycles. The van der Waals surface area contributed by atoms with E-state index in [1.54, 1.807) is 0 Å². The minimum absolute atomic E-state index is 0.126. The Labute approximate surface area is 107 Å². The van der Waals surface area contributed by atoms with Crippen LogP contribution in [0.4, 0.5) is 4.39 Å². The Bertz CT molecular complexity index is 422. The van der Waals surface area contributed by atoms with Crippen molar-refractivity contribution in [1.29, 1.82) is 0 Å². The molecule has 1 rings (SSSR count). The summed E-state index contributed by atoms with van der Waals surface area (Å²) in [6, 6.07) is 2.78. The standard InChI is InChI=1S/C14H21FN2O/c1-8(5-13(17)18)4-12(16)14-9(2)6-11(15)7-10(14)3/h6-8,12H,4-5,16H2,1-3H3,(H2,17,18). The first-order valence-electron chi connectivity index (χ1n) is 6.11. The second-order valence-electron chi connectivity index (χ2n) is 5.07. The summed E-state index contributed by atoms with van der Waals surface area (Å²) in [4.78, 5) is 10.8. The highest BCUT2D eigenvalue weighted by molar-refractivity contribution is 5.73. The van der Waals surface area contributed by atoms with Crippen molar-refractivity contribution in [3.63, 3.8) is 0 Å². The normalized spacial score (nSPS) is 14.3. The fourth-order valence-electron chi connectivity index (χ4n) is 2.48. The summed E-state index contributed by atoms with van der Waals surface area (Å²) in [5, 5.41) is 0. The molecule has 0 bridgehead atoms. The molecular weight excluding hydrogens is 231 g/mol. The minimum atomic E-state index is -0.317. The van der Waals surface area contributed by atoms with Crippen LogP contribution in [0.15, 0.2) is 12.1 Å². The van der Waals surface area contributed by atoms with Crippen molar-refractivity contribution < 1.29 is 9.18 Å². The number of aryl methyl sites for hydroxylation is 2. The first kappa shape index (κ1) is 14.6. The molecular formula is C14H21FN2O. The van der Waals surface area contributed by atoms with Crippen LogP contribution in [-0.2, 0) is 4.79 Å². The Morgan fingerprint density at radius 2 is 1.83 bits per heavy atom. The summed E-state index contributed by atoms with van der Waals surface area (Å²) >= 11 is 0. The van der Waals surface area contributed by atoms with Crippen LogP contribution in [0.3, 0.4) is 0 Å². The van der Waals surface area contributed by atoms with Crippen LogP contribution in [-0.4, -0.2) is 5.91 Å². The van der Waals surface area contributed by atoms with Gasteiger partial charge in [0, 0.05) is 12.5 Å². The van der Waals surface area contributed by atoms with Crippen molar-refractivity contribution in [3.05, 3.63) is 34.6 Å². The molecule has 3 nitrogen and oxygen atoms in total. The van der Waals surface area contributed by atoms with Crippen molar-refractivity contribution in [2.24, 2.45) is 17.4 Å². The Kier molecular flexibility index (Phi) is 4.84. The van der Waals surface area contributed by atoms with Gasteiger partial charge in [-0.25, -0.2) is 4.39 Å². The number of amides is 1. The number of halogens is 1. The molecule has 0 radical (unpaired) electrons. The largest absolute Gasteiger partial charge is 0.370 e. The summed E-state index contributed by atoms with van der Waals surface area (Å²) in [5.74, 6) is -0.435. The van der Waals surface area contributed by atoms with E-state index in [1.165, 1.54) is 12.1 Å². The molecule has 2 unspecified atom stereocenters. The molecule has 0 aromatic heterocycles. The zero-order valence-electron chi connectivity index (χ0n) is 11.2. The maximum absolute atomic E-state index is 13.2. The van der Waals surface area contributed by atoms with Gasteiger partial charge in [0.1, 0.15) is 5.82 Å². The van der Waals surface area contributed by atoms with E-state index < -0.39 is 0 Å². The highest BCUT2D eigenvalue weighted by Crippen LogP contribution is 2.27. The maximum atomic E-state index is 13.2. The molecule has 0 spiro atoms. The number of rotatable bonds is 5. The van der Waals surface area contributed by atoms with E-state index in [0.717, 1.165) is 16.7 Å². The first-order valence-corrected chi connectivity index (χ1v) is 6.11. The van der Waals surface area contributed by atoms with Crippen LogP contribution < -0.4 is 11.5 Å². The molecule has 0 aliphatic heterocycles. The highest BCUT2D eigenvalue weighted by Gasteiger charge is 2.17. The van der Waals surface area contributed by atoms with E-state index in [4.69, 9.17) is 11.5 Å². The van der Waals surface area contributed by atoms with E-state index in [0.29, 0.717) is 12.8 Å². The number of primary amides is 1. The third-order valence-corrected chi connectivity index (χ3v) is 3.14. The molecule has 2 atom stereocenters. The lowest BCUT2D eigenvalue weighted by molar-refractivity contribution is -0.118. The SMILES string of the molecule is Cc1cc(F)cc(C)c1C(N)CC(C)CC(N)=O. The van der Waals surface area contributed by atoms with Gasteiger partial charge in [-0.3, -0.25) is 4.79 Å². The van der Waals surface area contributed by atoms with E-state index >= 15 is 0 Å². The third-order valence-electron chi connectivity index (χ3n) is 3.14. The Morgan fingerprint density at radius 3 is 2.28 bits per heavy atom. The molecule has 0 aliphatic carbocycles. The zero-order valence-corrected chi connectivity index (χ0v) is 11.2. The number of carbonyl (C=O) groups is 1. The van der Waals surface area contributed by atoms with Gasteiger partial charge in [0.15, 0.2) is 0 Å². The van der Waals surface area contributed by atoms with Gasteiger partial charge in [-0.2, -0.15) is 0 Å². The molecule has 0 fully saturated rings. The summed E-state index contributed by atoms with van der Waals surface area (Å²) in [5.41, 5.74) is 14.0. The quantitative estimate of drug-likeness (QED) is 0.844. The monoisotopic (exact) mass is 252 g/mol. The van der Waals surface area contributed by atoms with Crippen molar-refractivity contribution in [1.82, 2.24) is 0 Å². The van der Waals surface area contributed by atoms with Crippen molar-refractivity contribution in [2.45, 2.75) is 39.7 Å². The molecule has 1 amide bonds. The van der Waals surface area contributed by atoms with Crippen molar-refractivity contribution in [3.8, 4) is 0 Å². The lowest BCUT2D eigenvalue weighted by atomic mass is 9.89. The average Bonchev–Trinajstić information content (AvgIpc) is 2.12. The van der Waals surface area contributed by atoms with Crippen LogP contribution >= 0.6 is 0 Å². The third kappa shape index (κ3) is 3.81. The molecule has 0 heterocycles. The van der Waals surface area contributed by atoms with Crippen LogP contribution in [0.1, 0.15) is 42.5 Å². The van der Waals surface area contributed by atoms with Crippen LogP contribution in [0, 0.1) is 25.6 Å². The smallest absolute Gasteiger partial charge is 0.217 e. The molecule has 0 aliphatic rings. The molecule has 0 saturated heterocycles. The Hall–Kier alpha value is -1.42. The second-order valence-corrected chi connectivity index (χ2v) is 5.07. The van der Waals surface area contributed by atoms with Crippen LogP contribution in [0.25, 0.3) is 0 Å². The molecule has 4 N–H and O–H groups in total. The van der Waals surface area contributed by atoms with Gasteiger partial charge in [0.25, 0.3) is 0 Å². The highest BCUT2D eigenvalue weighted by atomic mass is 19.1. The van der Waals surface area contributed by atoms with E-state index in [9.17, 15) is 9.18 Å². The second kappa shape index (κ2) is 5.96. The fourth-order valence-corrected chi connectivity index (χ4v) is 2.48. The first-order chi connectivity index (χ1) is 8.31. The van der Waals surface area contributed by atoms with Gasteiger partial charge in [-0.1, -0.05) is 6.92 Å². The number of hydrogen-bond acceptors (Lipinski definition) is 2. The van der Waals surface area contributed by atoms with E-state index in [1.807, 2.05) is 20.8 Å². The maximum Gasteiger partial charge on any atom is 0.217 e. The molecule has 18 heavy (non-hydrogen) atoms. The summed E-state index contributed by atoms with van der Waals surface area (Å²) in [6.45, 7) is 5.65. The van der Waals surface area contributed by atoms with Gasteiger partial charge in [0.2, 0.25) is 5.91 Å². The topological polar surface area (TPSA) is 69.1 Å². The van der Waals surface area contributed by atoms with Crippen molar-refractivity contribution >= 4 is 5.91 Å². The van der Waals surface area contributed by atoms with Crippen LogP contribution in [0.5, 0.6) is 0 Å².